The molecule has 2 bridgehead atoms. The zero-order valence-electron chi connectivity index (χ0n) is 17.6. The quantitative estimate of drug-likeness (QED) is 0.269. The van der Waals surface area contributed by atoms with Crippen LogP contribution in [0.3, 0.4) is 0 Å². The lowest BCUT2D eigenvalue weighted by molar-refractivity contribution is -0.578. The molecule has 0 N–H and O–H groups in total. The molecule has 7 nitrogen and oxygen atoms in total. The fourth-order valence-corrected chi connectivity index (χ4v) is 6.16. The van der Waals surface area contributed by atoms with Crippen molar-refractivity contribution in [2.75, 3.05) is 4.90 Å². The molecule has 7 rings (SSSR count). The van der Waals surface area contributed by atoms with Crippen LogP contribution >= 0.6 is 0 Å². The number of hydrogen-bond acceptors (Lipinski definition) is 5. The standard InChI is InChI=1S/C26H18N2O5/c1-14(29)15-7-6-8-16(13-15)27-24(30)22-21-17-9-2-4-11-19(17)26(28(32)33,23(22)25(27)31)20-12-5-3-10-18(20)21/h2-13,21-23H,1H3/t21?,22-,23+,26?/m0/s1. The maximum atomic E-state index is 13.9. The van der Waals surface area contributed by atoms with Gasteiger partial charge in [-0.3, -0.25) is 24.5 Å². The molecule has 1 aliphatic heterocycles. The van der Waals surface area contributed by atoms with Gasteiger partial charge in [-0.1, -0.05) is 60.7 Å². The van der Waals surface area contributed by atoms with Crippen molar-refractivity contribution in [2.24, 2.45) is 11.8 Å². The van der Waals surface area contributed by atoms with Gasteiger partial charge in [-0.25, -0.2) is 4.90 Å². The number of amides is 2. The van der Waals surface area contributed by atoms with Gasteiger partial charge in [0.25, 0.3) is 5.54 Å². The molecule has 0 radical (unpaired) electrons. The van der Waals surface area contributed by atoms with Crippen LogP contribution in [0.4, 0.5) is 5.69 Å². The first-order valence-corrected chi connectivity index (χ1v) is 10.7. The van der Waals surface area contributed by atoms with Gasteiger partial charge in [0, 0.05) is 27.5 Å². The summed E-state index contributed by atoms with van der Waals surface area (Å²) in [6, 6.07) is 20.4. The van der Waals surface area contributed by atoms with E-state index in [2.05, 4.69) is 0 Å². The van der Waals surface area contributed by atoms with Crippen LogP contribution in [-0.2, 0) is 15.1 Å². The van der Waals surface area contributed by atoms with Gasteiger partial charge in [0.2, 0.25) is 11.8 Å². The minimum absolute atomic E-state index is 0.199. The zero-order valence-corrected chi connectivity index (χ0v) is 17.6. The molecule has 2 atom stereocenters. The summed E-state index contributed by atoms with van der Waals surface area (Å²) in [4.78, 5) is 53.1. The van der Waals surface area contributed by atoms with Crippen molar-refractivity contribution >= 4 is 23.3 Å². The maximum absolute atomic E-state index is 13.9. The Labute approximate surface area is 188 Å². The number of nitrogens with zero attached hydrogens (tertiary/aromatic N) is 2. The van der Waals surface area contributed by atoms with Crippen molar-refractivity contribution in [3.63, 3.8) is 0 Å². The predicted molar refractivity (Wildman–Crippen MR) is 118 cm³/mol. The number of benzene rings is 3. The lowest BCUT2D eigenvalue weighted by Gasteiger charge is -2.48. The number of hydrogen-bond donors (Lipinski definition) is 0. The summed E-state index contributed by atoms with van der Waals surface area (Å²) in [5.74, 6) is -3.79. The molecule has 33 heavy (non-hydrogen) atoms. The predicted octanol–water partition coefficient (Wildman–Crippen LogP) is 3.67. The second kappa shape index (κ2) is 6.45. The number of imide groups is 1. The van der Waals surface area contributed by atoms with E-state index in [1.807, 2.05) is 12.1 Å². The third-order valence-electron chi connectivity index (χ3n) is 7.37. The Balaban J connectivity index is 1.64. The van der Waals surface area contributed by atoms with Gasteiger partial charge in [-0.15, -0.1) is 0 Å². The Bertz CT molecular complexity index is 1360. The lowest BCUT2D eigenvalue weighted by Crippen LogP contribution is -2.57. The highest BCUT2D eigenvalue weighted by atomic mass is 16.6. The number of nitro groups is 1. The summed E-state index contributed by atoms with van der Waals surface area (Å²) in [6.45, 7) is 1.40. The molecule has 0 saturated carbocycles. The molecular weight excluding hydrogens is 420 g/mol. The van der Waals surface area contributed by atoms with Gasteiger partial charge in [0.15, 0.2) is 5.78 Å². The molecule has 0 aromatic heterocycles. The summed E-state index contributed by atoms with van der Waals surface area (Å²) in [6.07, 6.45) is 0. The average Bonchev–Trinajstić information content (AvgIpc) is 3.09. The first-order valence-electron chi connectivity index (χ1n) is 10.7. The molecule has 1 saturated heterocycles. The van der Waals surface area contributed by atoms with E-state index < -0.39 is 40.0 Å². The Kier molecular flexibility index (Phi) is 3.82. The van der Waals surface area contributed by atoms with Crippen molar-refractivity contribution in [1.82, 2.24) is 0 Å². The number of carbonyl (C=O) groups is 3. The Morgan fingerprint density at radius 1 is 0.909 bits per heavy atom. The number of carbonyl (C=O) groups excluding carboxylic acids is 3. The number of ketones is 1. The summed E-state index contributed by atoms with van der Waals surface area (Å²) >= 11 is 0. The molecule has 4 aliphatic rings. The van der Waals surface area contributed by atoms with Crippen LogP contribution in [0.25, 0.3) is 0 Å². The number of rotatable bonds is 3. The number of anilines is 1. The summed E-state index contributed by atoms with van der Waals surface area (Å²) in [7, 11) is 0. The fraction of sp³-hybridized carbons (Fsp3) is 0.192. The minimum atomic E-state index is -1.85. The highest BCUT2D eigenvalue weighted by Crippen LogP contribution is 2.64. The molecular formula is C26H18N2O5. The molecule has 162 valence electrons. The van der Waals surface area contributed by atoms with Crippen molar-refractivity contribution in [3.05, 3.63) is 111 Å². The van der Waals surface area contributed by atoms with Crippen molar-refractivity contribution in [2.45, 2.75) is 18.4 Å². The summed E-state index contributed by atoms with van der Waals surface area (Å²) in [5.41, 5.74) is 1.15. The van der Waals surface area contributed by atoms with Crippen LogP contribution in [0.15, 0.2) is 72.8 Å². The van der Waals surface area contributed by atoms with E-state index in [-0.39, 0.29) is 11.5 Å². The van der Waals surface area contributed by atoms with E-state index in [4.69, 9.17) is 0 Å². The molecule has 3 aromatic carbocycles. The van der Waals surface area contributed by atoms with Crippen LogP contribution in [0.2, 0.25) is 0 Å². The third kappa shape index (κ3) is 2.21. The minimum Gasteiger partial charge on any atom is -0.295 e. The van der Waals surface area contributed by atoms with Gasteiger partial charge in [0.05, 0.1) is 11.6 Å². The van der Waals surface area contributed by atoms with Crippen molar-refractivity contribution in [3.8, 4) is 0 Å². The van der Waals surface area contributed by atoms with Crippen LogP contribution in [0, 0.1) is 22.0 Å². The van der Waals surface area contributed by atoms with Gasteiger partial charge in [0.1, 0.15) is 5.92 Å². The largest absolute Gasteiger partial charge is 0.295 e. The van der Waals surface area contributed by atoms with E-state index in [1.54, 1.807) is 54.6 Å². The normalized spacial score (nSPS) is 26.6. The van der Waals surface area contributed by atoms with Crippen LogP contribution in [0.1, 0.15) is 45.5 Å². The topological polar surface area (TPSA) is 97.6 Å². The van der Waals surface area contributed by atoms with E-state index in [0.29, 0.717) is 16.7 Å². The van der Waals surface area contributed by atoms with E-state index >= 15 is 0 Å². The third-order valence-corrected chi connectivity index (χ3v) is 7.37. The van der Waals surface area contributed by atoms with Crippen molar-refractivity contribution in [1.29, 1.82) is 0 Å². The molecule has 2 amide bonds. The van der Waals surface area contributed by atoms with Crippen LogP contribution in [0.5, 0.6) is 0 Å². The van der Waals surface area contributed by atoms with Gasteiger partial charge in [-0.05, 0) is 30.2 Å². The first-order chi connectivity index (χ1) is 15.9. The second-order valence-corrected chi connectivity index (χ2v) is 8.80. The highest BCUT2D eigenvalue weighted by Gasteiger charge is 2.74. The van der Waals surface area contributed by atoms with Gasteiger partial charge >= 0.3 is 0 Å². The lowest BCUT2D eigenvalue weighted by atomic mass is 9.51. The van der Waals surface area contributed by atoms with Crippen LogP contribution in [-0.4, -0.2) is 22.5 Å². The molecule has 0 unspecified atom stereocenters. The summed E-state index contributed by atoms with van der Waals surface area (Å²) in [5, 5.41) is 12.9. The smallest absolute Gasteiger partial charge is 0.285 e. The zero-order chi connectivity index (χ0) is 23.1. The molecule has 1 fully saturated rings. The maximum Gasteiger partial charge on any atom is 0.285 e. The Morgan fingerprint density at radius 3 is 2.09 bits per heavy atom. The average molecular weight is 438 g/mol. The molecule has 3 aliphatic carbocycles. The fourth-order valence-electron chi connectivity index (χ4n) is 6.16. The van der Waals surface area contributed by atoms with E-state index in [1.165, 1.54) is 13.0 Å². The van der Waals surface area contributed by atoms with Gasteiger partial charge < -0.3 is 0 Å². The van der Waals surface area contributed by atoms with E-state index in [0.717, 1.165) is 16.0 Å². The molecule has 0 spiro atoms. The Hall–Kier alpha value is -4.13. The second-order valence-electron chi connectivity index (χ2n) is 8.80. The Morgan fingerprint density at radius 2 is 1.52 bits per heavy atom. The monoisotopic (exact) mass is 438 g/mol. The molecule has 7 heteroatoms. The van der Waals surface area contributed by atoms with Crippen molar-refractivity contribution < 1.29 is 19.3 Å². The number of Topliss-reactive ketones (excluding diaryl/α,β-unsaturated/α-hetero) is 1. The van der Waals surface area contributed by atoms with E-state index in [9.17, 15) is 24.5 Å². The molecule has 1 heterocycles. The van der Waals surface area contributed by atoms with Gasteiger partial charge in [-0.2, -0.15) is 0 Å². The SMILES string of the molecule is CC(=O)c1cccc(N2C(=O)[C@H]3C4c5ccccc5C([N+](=O)[O-])(c5ccccc54)[C@H]3C2=O)c1. The van der Waals surface area contributed by atoms with Crippen LogP contribution < -0.4 is 4.90 Å². The highest BCUT2D eigenvalue weighted by molar-refractivity contribution is 6.24. The molecule has 3 aromatic rings. The first kappa shape index (κ1) is 19.5. The summed E-state index contributed by atoms with van der Waals surface area (Å²) < 4.78 is 0.